The lowest BCUT2D eigenvalue weighted by atomic mass is 9.88. The zero-order valence-corrected chi connectivity index (χ0v) is 17.5. The predicted octanol–water partition coefficient (Wildman–Crippen LogP) is 3.66. The van der Waals surface area contributed by atoms with Crippen molar-refractivity contribution >= 4 is 34.4 Å². The smallest absolute Gasteiger partial charge is 0.341 e. The molecule has 0 fully saturated rings. The number of hydrogen-bond donors (Lipinski definition) is 1. The molecule has 0 radical (unpaired) electrons. The van der Waals surface area contributed by atoms with Crippen LogP contribution in [0.3, 0.4) is 0 Å². The number of esters is 1. The molecule has 8 heteroatoms. The van der Waals surface area contributed by atoms with E-state index in [0.29, 0.717) is 22.2 Å². The van der Waals surface area contributed by atoms with Crippen LogP contribution in [0.1, 0.15) is 39.7 Å². The third-order valence-electron chi connectivity index (χ3n) is 4.76. The van der Waals surface area contributed by atoms with Crippen molar-refractivity contribution in [1.82, 2.24) is 0 Å². The van der Waals surface area contributed by atoms with Crippen molar-refractivity contribution in [3.8, 4) is 5.75 Å². The molecule has 0 saturated heterocycles. The first-order valence-corrected chi connectivity index (χ1v) is 10.2. The number of nitrogens with zero attached hydrogens (tertiary/aromatic N) is 1. The first kappa shape index (κ1) is 20.9. The summed E-state index contributed by atoms with van der Waals surface area (Å²) in [6.07, 6.45) is 4.21. The Kier molecular flexibility index (Phi) is 6.87. The van der Waals surface area contributed by atoms with Gasteiger partial charge >= 0.3 is 5.97 Å². The van der Waals surface area contributed by atoms with Crippen LogP contribution in [0.25, 0.3) is 0 Å². The Labute approximate surface area is 173 Å². The van der Waals surface area contributed by atoms with Gasteiger partial charge in [0, 0.05) is 10.4 Å². The van der Waals surface area contributed by atoms with Crippen molar-refractivity contribution in [2.24, 2.45) is 11.1 Å². The highest BCUT2D eigenvalue weighted by atomic mass is 32.1. The van der Waals surface area contributed by atoms with Gasteiger partial charge < -0.3 is 19.6 Å². The number of para-hydroxylation sites is 1. The Hall–Kier alpha value is -2.87. The van der Waals surface area contributed by atoms with Gasteiger partial charge in [0.15, 0.2) is 6.61 Å². The topological polar surface area (TPSA) is 86.2 Å². The predicted molar refractivity (Wildman–Crippen MR) is 112 cm³/mol. The summed E-state index contributed by atoms with van der Waals surface area (Å²) in [6.45, 7) is 1.91. The highest BCUT2D eigenvalue weighted by Crippen LogP contribution is 2.40. The first-order valence-electron chi connectivity index (χ1n) is 9.34. The number of carbonyl (C=O) groups excluding carboxylic acids is 2. The van der Waals surface area contributed by atoms with Crippen molar-refractivity contribution in [2.75, 3.05) is 26.1 Å². The molecule has 0 unspecified atom stereocenters. The van der Waals surface area contributed by atoms with Crippen molar-refractivity contribution in [3.63, 3.8) is 0 Å². The SMILES string of the molecule is COC(=O)c1c(NC(=O)CO/N=C\c2ccccc2OC)sc2c1CC[C@H](C)C2. The molecule has 1 aliphatic carbocycles. The van der Waals surface area contributed by atoms with Gasteiger partial charge in [-0.05, 0) is 42.9 Å². The molecule has 1 N–H and O–H groups in total. The van der Waals surface area contributed by atoms with Crippen LogP contribution < -0.4 is 10.1 Å². The van der Waals surface area contributed by atoms with E-state index in [4.69, 9.17) is 14.3 Å². The Morgan fingerprint density at radius 2 is 2.10 bits per heavy atom. The molecule has 29 heavy (non-hydrogen) atoms. The number of benzene rings is 1. The third-order valence-corrected chi connectivity index (χ3v) is 5.92. The molecular formula is C21H24N2O5S. The zero-order valence-electron chi connectivity index (χ0n) is 16.7. The number of fused-ring (bicyclic) bond motifs is 1. The molecule has 1 aromatic carbocycles. The third kappa shape index (κ3) is 4.95. The molecule has 7 nitrogen and oxygen atoms in total. The van der Waals surface area contributed by atoms with Crippen molar-refractivity contribution < 1.29 is 23.9 Å². The van der Waals surface area contributed by atoms with Crippen molar-refractivity contribution in [3.05, 3.63) is 45.8 Å². The fraction of sp³-hybridized carbons (Fsp3) is 0.381. The molecule has 1 aromatic heterocycles. The summed E-state index contributed by atoms with van der Waals surface area (Å²) in [5.74, 6) is 0.398. The van der Waals surface area contributed by atoms with Crippen LogP contribution in [0.5, 0.6) is 5.75 Å². The van der Waals surface area contributed by atoms with Gasteiger partial charge in [-0.2, -0.15) is 0 Å². The largest absolute Gasteiger partial charge is 0.496 e. The van der Waals surface area contributed by atoms with Crippen LogP contribution in [0.2, 0.25) is 0 Å². The number of nitrogens with one attached hydrogen (secondary N) is 1. The minimum atomic E-state index is -0.428. The van der Waals surface area contributed by atoms with Gasteiger partial charge in [0.2, 0.25) is 0 Å². The fourth-order valence-corrected chi connectivity index (χ4v) is 4.70. The van der Waals surface area contributed by atoms with Crippen LogP contribution >= 0.6 is 11.3 Å². The van der Waals surface area contributed by atoms with E-state index in [1.165, 1.54) is 24.7 Å². The monoisotopic (exact) mass is 416 g/mol. The van der Waals surface area contributed by atoms with E-state index in [9.17, 15) is 9.59 Å². The Morgan fingerprint density at radius 1 is 1.31 bits per heavy atom. The van der Waals surface area contributed by atoms with E-state index >= 15 is 0 Å². The molecule has 0 spiro atoms. The van der Waals surface area contributed by atoms with Crippen LogP contribution in [-0.2, 0) is 27.2 Å². The lowest BCUT2D eigenvalue weighted by Gasteiger charge is -2.18. The van der Waals surface area contributed by atoms with E-state index in [-0.39, 0.29) is 12.5 Å². The van der Waals surface area contributed by atoms with Gasteiger partial charge in [-0.25, -0.2) is 4.79 Å². The number of thiophene rings is 1. The number of methoxy groups -OCH3 is 2. The molecule has 154 valence electrons. The van der Waals surface area contributed by atoms with Gasteiger partial charge in [0.05, 0.1) is 26.0 Å². The summed E-state index contributed by atoms with van der Waals surface area (Å²) in [4.78, 5) is 30.8. The zero-order chi connectivity index (χ0) is 20.8. The fourth-order valence-electron chi connectivity index (χ4n) is 3.28. The van der Waals surface area contributed by atoms with Crippen LogP contribution in [0, 0.1) is 5.92 Å². The maximum Gasteiger partial charge on any atom is 0.341 e. The Bertz CT molecular complexity index is 922. The second kappa shape index (κ2) is 9.56. The molecule has 1 amide bonds. The number of anilines is 1. The number of carbonyl (C=O) groups is 2. The summed E-state index contributed by atoms with van der Waals surface area (Å²) in [5.41, 5.74) is 2.19. The van der Waals surface area contributed by atoms with Crippen LogP contribution in [0.15, 0.2) is 29.4 Å². The van der Waals surface area contributed by atoms with Crippen molar-refractivity contribution in [1.29, 1.82) is 0 Å². The number of hydrogen-bond acceptors (Lipinski definition) is 7. The standard InChI is InChI=1S/C21H24N2O5S/c1-13-8-9-15-17(10-13)29-20(19(15)21(25)27-3)23-18(24)12-28-22-11-14-6-4-5-7-16(14)26-2/h4-7,11,13H,8-10,12H2,1-3H3,(H,23,24)/b22-11-/t13-/m0/s1. The number of ether oxygens (including phenoxy) is 2. The molecule has 1 heterocycles. The lowest BCUT2D eigenvalue weighted by molar-refractivity contribution is -0.120. The summed E-state index contributed by atoms with van der Waals surface area (Å²) >= 11 is 1.44. The summed E-state index contributed by atoms with van der Waals surface area (Å²) < 4.78 is 10.2. The Morgan fingerprint density at radius 3 is 2.86 bits per heavy atom. The Balaban J connectivity index is 1.65. The lowest BCUT2D eigenvalue weighted by Crippen LogP contribution is -2.19. The van der Waals surface area contributed by atoms with E-state index in [0.717, 1.165) is 35.3 Å². The molecule has 2 aromatic rings. The van der Waals surface area contributed by atoms with Crippen molar-refractivity contribution in [2.45, 2.75) is 26.2 Å². The molecule has 3 rings (SSSR count). The van der Waals surface area contributed by atoms with E-state index in [1.54, 1.807) is 7.11 Å². The summed E-state index contributed by atoms with van der Waals surface area (Å²) in [5, 5.41) is 7.11. The minimum Gasteiger partial charge on any atom is -0.496 e. The quantitative estimate of drug-likeness (QED) is 0.423. The van der Waals surface area contributed by atoms with Gasteiger partial charge in [0.25, 0.3) is 5.91 Å². The van der Waals surface area contributed by atoms with Crippen LogP contribution in [-0.4, -0.2) is 38.9 Å². The average Bonchev–Trinajstić information content (AvgIpc) is 3.07. The second-order valence-corrected chi connectivity index (χ2v) is 7.95. The summed E-state index contributed by atoms with van der Waals surface area (Å²) in [7, 11) is 2.92. The molecular weight excluding hydrogens is 392 g/mol. The van der Waals surface area contributed by atoms with E-state index in [1.807, 2.05) is 24.3 Å². The highest BCUT2D eigenvalue weighted by Gasteiger charge is 2.28. The minimum absolute atomic E-state index is 0.273. The number of rotatable bonds is 7. The molecule has 0 bridgehead atoms. The first-order chi connectivity index (χ1) is 14.0. The maximum absolute atomic E-state index is 12.3. The van der Waals surface area contributed by atoms with Crippen LogP contribution in [0.4, 0.5) is 5.00 Å². The molecule has 0 saturated carbocycles. The highest BCUT2D eigenvalue weighted by molar-refractivity contribution is 7.17. The van der Waals surface area contributed by atoms with Gasteiger partial charge in [-0.1, -0.05) is 24.2 Å². The van der Waals surface area contributed by atoms with Gasteiger partial charge in [-0.15, -0.1) is 11.3 Å². The number of oxime groups is 1. The molecule has 1 aliphatic rings. The van der Waals surface area contributed by atoms with Gasteiger partial charge in [-0.3, -0.25) is 4.79 Å². The van der Waals surface area contributed by atoms with E-state index in [2.05, 4.69) is 17.4 Å². The average molecular weight is 416 g/mol. The molecule has 0 aliphatic heterocycles. The molecule has 1 atom stereocenters. The second-order valence-electron chi connectivity index (χ2n) is 6.85. The van der Waals surface area contributed by atoms with E-state index < -0.39 is 5.97 Å². The normalized spacial score (nSPS) is 15.6. The number of amides is 1. The maximum atomic E-state index is 12.3. The van der Waals surface area contributed by atoms with Gasteiger partial charge in [0.1, 0.15) is 10.8 Å². The summed E-state index contributed by atoms with van der Waals surface area (Å²) in [6, 6.07) is 7.34.